The van der Waals surface area contributed by atoms with Gasteiger partial charge in [0, 0.05) is 6.54 Å². The molecule has 0 atom stereocenters. The third kappa shape index (κ3) is 2.36. The smallest absolute Gasteiger partial charge is 0.249 e. The topological polar surface area (TPSA) is 49.4 Å². The van der Waals surface area contributed by atoms with Crippen molar-refractivity contribution in [2.24, 2.45) is 5.92 Å². The Balaban J connectivity index is 2.38. The Morgan fingerprint density at radius 2 is 1.62 bits per heavy atom. The van der Waals surface area contributed by atoms with E-state index in [0.29, 0.717) is 31.6 Å². The standard InChI is InChI=1S/C17H30N2O2/c1-5-16(6-2)15(21)19(12-13-10-9-11-13)17(7-3,8-4)14(20)18-16/h13H,5-12H2,1-4H3,(H,18,20). The summed E-state index contributed by atoms with van der Waals surface area (Å²) in [7, 11) is 0. The highest BCUT2D eigenvalue weighted by Crippen LogP contribution is 2.38. The third-order valence-corrected chi connectivity index (χ3v) is 5.99. The number of nitrogens with one attached hydrogen (secondary N) is 1. The van der Waals surface area contributed by atoms with Gasteiger partial charge in [-0.3, -0.25) is 9.59 Å². The highest BCUT2D eigenvalue weighted by molar-refractivity contribution is 6.02. The second-order valence-corrected chi connectivity index (χ2v) is 6.69. The molecule has 4 nitrogen and oxygen atoms in total. The molecule has 21 heavy (non-hydrogen) atoms. The van der Waals surface area contributed by atoms with Crippen molar-refractivity contribution >= 4 is 11.8 Å². The fraction of sp³-hybridized carbons (Fsp3) is 0.882. The maximum atomic E-state index is 13.2. The minimum absolute atomic E-state index is 0.0510. The highest BCUT2D eigenvalue weighted by atomic mass is 16.2. The summed E-state index contributed by atoms with van der Waals surface area (Å²) < 4.78 is 0. The van der Waals surface area contributed by atoms with E-state index < -0.39 is 11.1 Å². The number of hydrogen-bond donors (Lipinski definition) is 1. The fourth-order valence-corrected chi connectivity index (χ4v) is 3.84. The van der Waals surface area contributed by atoms with E-state index in [1.54, 1.807) is 0 Å². The van der Waals surface area contributed by atoms with Gasteiger partial charge in [-0.1, -0.05) is 34.1 Å². The van der Waals surface area contributed by atoms with E-state index >= 15 is 0 Å². The predicted octanol–water partition coefficient (Wildman–Crippen LogP) is 2.86. The Morgan fingerprint density at radius 1 is 1.05 bits per heavy atom. The van der Waals surface area contributed by atoms with E-state index in [9.17, 15) is 9.59 Å². The van der Waals surface area contributed by atoms with Crippen LogP contribution < -0.4 is 5.32 Å². The van der Waals surface area contributed by atoms with Gasteiger partial charge < -0.3 is 10.2 Å². The van der Waals surface area contributed by atoms with E-state index in [4.69, 9.17) is 0 Å². The molecule has 1 N–H and O–H groups in total. The molecule has 0 aromatic carbocycles. The lowest BCUT2D eigenvalue weighted by Gasteiger charge is -2.53. The zero-order valence-corrected chi connectivity index (χ0v) is 14.0. The summed E-state index contributed by atoms with van der Waals surface area (Å²) in [5.41, 5.74) is -1.32. The van der Waals surface area contributed by atoms with Crippen LogP contribution in [0, 0.1) is 5.92 Å². The molecule has 1 saturated carbocycles. The van der Waals surface area contributed by atoms with Crippen LogP contribution in [0.3, 0.4) is 0 Å². The van der Waals surface area contributed by atoms with Crippen molar-refractivity contribution < 1.29 is 9.59 Å². The van der Waals surface area contributed by atoms with Gasteiger partial charge in [0.25, 0.3) is 0 Å². The summed E-state index contributed by atoms with van der Waals surface area (Å²) in [5, 5.41) is 3.08. The molecule has 4 heteroatoms. The Hall–Kier alpha value is -1.06. The lowest BCUT2D eigenvalue weighted by molar-refractivity contribution is -0.166. The fourth-order valence-electron chi connectivity index (χ4n) is 3.84. The molecule has 1 heterocycles. The molecule has 2 amide bonds. The Kier molecular flexibility index (Phi) is 4.64. The lowest BCUT2D eigenvalue weighted by atomic mass is 9.77. The second-order valence-electron chi connectivity index (χ2n) is 6.69. The van der Waals surface area contributed by atoms with Crippen molar-refractivity contribution in [1.82, 2.24) is 10.2 Å². The number of nitrogens with zero attached hydrogens (tertiary/aromatic N) is 1. The summed E-state index contributed by atoms with van der Waals surface area (Å²) >= 11 is 0. The molecule has 120 valence electrons. The summed E-state index contributed by atoms with van der Waals surface area (Å²) in [4.78, 5) is 28.0. The van der Waals surface area contributed by atoms with Crippen molar-refractivity contribution in [3.05, 3.63) is 0 Å². The quantitative estimate of drug-likeness (QED) is 0.819. The molecule has 1 aliphatic carbocycles. The number of hydrogen-bond acceptors (Lipinski definition) is 2. The van der Waals surface area contributed by atoms with E-state index in [2.05, 4.69) is 5.32 Å². The number of piperazine rings is 1. The lowest BCUT2D eigenvalue weighted by Crippen LogP contribution is -2.75. The first-order chi connectivity index (χ1) is 9.99. The van der Waals surface area contributed by atoms with Gasteiger partial charge in [0.1, 0.15) is 11.1 Å². The average molecular weight is 294 g/mol. The molecule has 0 aromatic rings. The first-order valence-corrected chi connectivity index (χ1v) is 8.64. The summed E-state index contributed by atoms with van der Waals surface area (Å²) in [5.74, 6) is 0.779. The van der Waals surface area contributed by atoms with Crippen LogP contribution in [0.5, 0.6) is 0 Å². The number of amides is 2. The van der Waals surface area contributed by atoms with Crippen LogP contribution in [0.25, 0.3) is 0 Å². The van der Waals surface area contributed by atoms with E-state index in [1.165, 1.54) is 19.3 Å². The Bertz CT molecular complexity index is 407. The van der Waals surface area contributed by atoms with Crippen LogP contribution in [-0.2, 0) is 9.59 Å². The number of rotatable bonds is 6. The molecule has 0 spiro atoms. The molecular formula is C17H30N2O2. The number of carbonyl (C=O) groups is 2. The van der Waals surface area contributed by atoms with Crippen LogP contribution >= 0.6 is 0 Å². The van der Waals surface area contributed by atoms with Gasteiger partial charge in [-0.25, -0.2) is 0 Å². The van der Waals surface area contributed by atoms with Crippen molar-refractivity contribution in [3.63, 3.8) is 0 Å². The van der Waals surface area contributed by atoms with Crippen LogP contribution in [0.1, 0.15) is 72.6 Å². The molecule has 1 saturated heterocycles. The van der Waals surface area contributed by atoms with Crippen LogP contribution in [0.15, 0.2) is 0 Å². The minimum Gasteiger partial charge on any atom is -0.340 e. The van der Waals surface area contributed by atoms with Crippen molar-refractivity contribution in [2.45, 2.75) is 83.7 Å². The predicted molar refractivity (Wildman–Crippen MR) is 83.8 cm³/mol. The van der Waals surface area contributed by atoms with Crippen LogP contribution in [-0.4, -0.2) is 34.3 Å². The van der Waals surface area contributed by atoms with Crippen LogP contribution in [0.4, 0.5) is 0 Å². The molecule has 2 rings (SSSR count). The van der Waals surface area contributed by atoms with Crippen LogP contribution in [0.2, 0.25) is 0 Å². The first-order valence-electron chi connectivity index (χ1n) is 8.64. The molecule has 2 fully saturated rings. The van der Waals surface area contributed by atoms with Gasteiger partial charge >= 0.3 is 0 Å². The molecular weight excluding hydrogens is 264 g/mol. The SMILES string of the molecule is CCC1(CC)NC(=O)C(CC)(CC)N(CC2CCC2)C1=O. The van der Waals surface area contributed by atoms with Crippen molar-refractivity contribution in [3.8, 4) is 0 Å². The zero-order chi connectivity index (χ0) is 15.7. The third-order valence-electron chi connectivity index (χ3n) is 5.99. The van der Waals surface area contributed by atoms with E-state index in [-0.39, 0.29) is 11.8 Å². The van der Waals surface area contributed by atoms with Gasteiger partial charge in [0.15, 0.2) is 0 Å². The Labute approximate surface area is 128 Å². The normalized spacial score (nSPS) is 24.7. The summed E-state index contributed by atoms with van der Waals surface area (Å²) in [6, 6.07) is 0. The second kappa shape index (κ2) is 5.98. The van der Waals surface area contributed by atoms with Gasteiger partial charge in [-0.05, 0) is 44.4 Å². The Morgan fingerprint density at radius 3 is 2.00 bits per heavy atom. The van der Waals surface area contributed by atoms with E-state index in [1.807, 2.05) is 32.6 Å². The van der Waals surface area contributed by atoms with Crippen molar-refractivity contribution in [1.29, 1.82) is 0 Å². The monoisotopic (exact) mass is 294 g/mol. The maximum absolute atomic E-state index is 13.2. The van der Waals surface area contributed by atoms with Gasteiger partial charge in [0.05, 0.1) is 0 Å². The largest absolute Gasteiger partial charge is 0.340 e. The maximum Gasteiger partial charge on any atom is 0.249 e. The molecule has 0 aromatic heterocycles. The summed E-state index contributed by atoms with van der Waals surface area (Å²) in [6.07, 6.45) is 6.36. The minimum atomic E-state index is -0.686. The van der Waals surface area contributed by atoms with Gasteiger partial charge in [-0.15, -0.1) is 0 Å². The number of carbonyl (C=O) groups excluding carboxylic acids is 2. The highest BCUT2D eigenvalue weighted by Gasteiger charge is 2.56. The van der Waals surface area contributed by atoms with Crippen molar-refractivity contribution in [2.75, 3.05) is 6.54 Å². The first kappa shape index (κ1) is 16.3. The summed E-state index contributed by atoms with van der Waals surface area (Å²) in [6.45, 7) is 8.79. The molecule has 1 aliphatic heterocycles. The average Bonchev–Trinajstić information content (AvgIpc) is 2.46. The zero-order valence-electron chi connectivity index (χ0n) is 14.0. The molecule has 0 bridgehead atoms. The molecule has 0 unspecified atom stereocenters. The molecule has 0 radical (unpaired) electrons. The van der Waals surface area contributed by atoms with E-state index in [0.717, 1.165) is 6.54 Å². The van der Waals surface area contributed by atoms with Gasteiger partial charge in [-0.2, -0.15) is 0 Å². The molecule has 2 aliphatic rings. The van der Waals surface area contributed by atoms with Gasteiger partial charge in [0.2, 0.25) is 11.8 Å².